The van der Waals surface area contributed by atoms with Gasteiger partial charge in [0.05, 0.1) is 17.8 Å². The Labute approximate surface area is 129 Å². The van der Waals surface area contributed by atoms with E-state index in [0.717, 1.165) is 29.3 Å². The first-order chi connectivity index (χ1) is 10.6. The second kappa shape index (κ2) is 4.53. The minimum Gasteiger partial charge on any atom is -0.376 e. The molecule has 0 saturated carbocycles. The van der Waals surface area contributed by atoms with E-state index in [1.54, 1.807) is 7.11 Å². The maximum absolute atomic E-state index is 12.3. The van der Waals surface area contributed by atoms with Crippen LogP contribution in [0.3, 0.4) is 0 Å². The van der Waals surface area contributed by atoms with Crippen molar-refractivity contribution in [1.82, 2.24) is 10.2 Å². The molecule has 4 rings (SSSR count). The number of hydrogen-bond donors (Lipinski definition) is 1. The first kappa shape index (κ1) is 13.7. The van der Waals surface area contributed by atoms with Gasteiger partial charge in [-0.25, -0.2) is 0 Å². The number of nitrogens with zero attached hydrogens (tertiary/aromatic N) is 1. The Hall–Kier alpha value is -1.94. The Bertz CT molecular complexity index is 818. The molecule has 22 heavy (non-hydrogen) atoms. The van der Waals surface area contributed by atoms with E-state index in [-0.39, 0.29) is 17.3 Å². The Morgan fingerprint density at radius 1 is 1.45 bits per heavy atom. The Morgan fingerprint density at radius 2 is 2.27 bits per heavy atom. The standard InChI is InChI=1S/C18H20N2O2/c1-4-18-8-7-14(21)10(2)16(18)11-5-6-13-12(9-19-20-13)15(11)17(18)22-3/h5-6,9,17H,4,7-8H2,1-3H3,(H,19,20). The van der Waals surface area contributed by atoms with Crippen LogP contribution in [0.15, 0.2) is 23.9 Å². The van der Waals surface area contributed by atoms with Crippen molar-refractivity contribution in [3.05, 3.63) is 35.0 Å². The van der Waals surface area contributed by atoms with E-state index in [0.29, 0.717) is 6.42 Å². The summed E-state index contributed by atoms with van der Waals surface area (Å²) < 4.78 is 5.98. The molecule has 0 amide bonds. The molecule has 0 saturated heterocycles. The quantitative estimate of drug-likeness (QED) is 0.917. The maximum atomic E-state index is 12.3. The molecule has 114 valence electrons. The Kier molecular flexibility index (Phi) is 2.82. The number of H-pyrrole nitrogens is 1. The van der Waals surface area contributed by atoms with Gasteiger partial charge in [0.1, 0.15) is 0 Å². The van der Waals surface area contributed by atoms with Gasteiger partial charge in [-0.15, -0.1) is 0 Å². The lowest BCUT2D eigenvalue weighted by molar-refractivity contribution is -0.117. The summed E-state index contributed by atoms with van der Waals surface area (Å²) in [6.07, 6.45) is 4.32. The van der Waals surface area contributed by atoms with Crippen molar-refractivity contribution < 1.29 is 9.53 Å². The molecule has 0 bridgehead atoms. The van der Waals surface area contributed by atoms with Gasteiger partial charge in [0, 0.05) is 29.9 Å². The smallest absolute Gasteiger partial charge is 0.158 e. The number of rotatable bonds is 2. The van der Waals surface area contributed by atoms with Crippen LogP contribution in [-0.4, -0.2) is 23.1 Å². The summed E-state index contributed by atoms with van der Waals surface area (Å²) in [4.78, 5) is 12.3. The van der Waals surface area contributed by atoms with Crippen molar-refractivity contribution in [1.29, 1.82) is 0 Å². The fourth-order valence-corrected chi connectivity index (χ4v) is 4.59. The van der Waals surface area contributed by atoms with Gasteiger partial charge >= 0.3 is 0 Å². The molecule has 0 fully saturated rings. The van der Waals surface area contributed by atoms with Gasteiger partial charge in [0.2, 0.25) is 0 Å². The fourth-order valence-electron chi connectivity index (χ4n) is 4.59. The molecule has 0 radical (unpaired) electrons. The summed E-state index contributed by atoms with van der Waals surface area (Å²) in [6.45, 7) is 4.18. The Morgan fingerprint density at radius 3 is 3.00 bits per heavy atom. The first-order valence-electron chi connectivity index (χ1n) is 7.87. The molecule has 1 N–H and O–H groups in total. The number of methoxy groups -OCH3 is 1. The third-order valence-corrected chi connectivity index (χ3v) is 5.66. The number of allylic oxidation sites excluding steroid dienone is 1. The molecule has 0 aliphatic heterocycles. The summed E-state index contributed by atoms with van der Waals surface area (Å²) in [7, 11) is 1.78. The summed E-state index contributed by atoms with van der Waals surface area (Å²) in [5, 5.41) is 8.33. The van der Waals surface area contributed by atoms with Crippen molar-refractivity contribution in [3.8, 4) is 0 Å². The van der Waals surface area contributed by atoms with Crippen LogP contribution >= 0.6 is 0 Å². The zero-order valence-electron chi connectivity index (χ0n) is 13.2. The molecule has 2 aromatic rings. The van der Waals surface area contributed by atoms with Gasteiger partial charge < -0.3 is 4.74 Å². The van der Waals surface area contributed by atoms with E-state index in [4.69, 9.17) is 4.74 Å². The van der Waals surface area contributed by atoms with E-state index in [2.05, 4.69) is 29.3 Å². The van der Waals surface area contributed by atoms with Crippen LogP contribution in [0.1, 0.15) is 50.3 Å². The third kappa shape index (κ3) is 1.46. The molecular weight excluding hydrogens is 276 g/mol. The van der Waals surface area contributed by atoms with Gasteiger partial charge in [-0.2, -0.15) is 5.10 Å². The average Bonchev–Trinajstić information content (AvgIpc) is 3.10. The van der Waals surface area contributed by atoms with Gasteiger partial charge in [0.15, 0.2) is 5.78 Å². The molecule has 4 heteroatoms. The van der Waals surface area contributed by atoms with Crippen LogP contribution in [0, 0.1) is 5.41 Å². The monoisotopic (exact) mass is 296 g/mol. The number of benzene rings is 1. The lowest BCUT2D eigenvalue weighted by atomic mass is 9.67. The average molecular weight is 296 g/mol. The number of aromatic amines is 1. The topological polar surface area (TPSA) is 55.0 Å². The number of fused-ring (bicyclic) bond motifs is 5. The Balaban J connectivity index is 2.12. The van der Waals surface area contributed by atoms with Crippen LogP contribution in [0.25, 0.3) is 16.5 Å². The van der Waals surface area contributed by atoms with Crippen LogP contribution in [0.5, 0.6) is 0 Å². The molecule has 0 spiro atoms. The number of hydrogen-bond acceptors (Lipinski definition) is 3. The second-order valence-corrected chi connectivity index (χ2v) is 6.41. The van der Waals surface area contributed by atoms with E-state index in [9.17, 15) is 4.79 Å². The molecule has 1 aromatic carbocycles. The highest BCUT2D eigenvalue weighted by atomic mass is 16.5. The number of Topliss-reactive ketones (excluding diaryl/α,β-unsaturated/α-hetero) is 1. The van der Waals surface area contributed by atoms with E-state index < -0.39 is 0 Å². The summed E-state index contributed by atoms with van der Waals surface area (Å²) in [5.41, 5.74) is 5.43. The normalized spacial score (nSPS) is 27.4. The number of carbonyl (C=O) groups excluding carboxylic acids is 1. The minimum absolute atomic E-state index is 0.00755. The minimum atomic E-state index is -0.0827. The lowest BCUT2D eigenvalue weighted by Gasteiger charge is -2.39. The summed E-state index contributed by atoms with van der Waals surface area (Å²) in [5.74, 6) is 0.272. The van der Waals surface area contributed by atoms with Crippen LogP contribution < -0.4 is 0 Å². The zero-order valence-corrected chi connectivity index (χ0v) is 13.2. The summed E-state index contributed by atoms with van der Waals surface area (Å²) >= 11 is 0. The van der Waals surface area contributed by atoms with Crippen molar-refractivity contribution in [2.45, 2.75) is 39.2 Å². The van der Waals surface area contributed by atoms with Crippen LogP contribution in [-0.2, 0) is 9.53 Å². The van der Waals surface area contributed by atoms with Gasteiger partial charge in [-0.05, 0) is 42.5 Å². The number of ketones is 1. The first-order valence-corrected chi connectivity index (χ1v) is 7.87. The highest BCUT2D eigenvalue weighted by molar-refractivity contribution is 6.07. The molecule has 1 heterocycles. The molecule has 1 aromatic heterocycles. The largest absolute Gasteiger partial charge is 0.376 e. The van der Waals surface area contributed by atoms with Crippen LogP contribution in [0.2, 0.25) is 0 Å². The van der Waals surface area contributed by atoms with Crippen molar-refractivity contribution in [3.63, 3.8) is 0 Å². The number of nitrogens with one attached hydrogen (secondary N) is 1. The highest BCUT2D eigenvalue weighted by Crippen LogP contribution is 2.63. The van der Waals surface area contributed by atoms with E-state index in [1.165, 1.54) is 16.7 Å². The van der Waals surface area contributed by atoms with Gasteiger partial charge in [-0.3, -0.25) is 9.89 Å². The van der Waals surface area contributed by atoms with Crippen LogP contribution in [0.4, 0.5) is 0 Å². The number of ether oxygens (including phenoxy) is 1. The number of aromatic nitrogens is 2. The maximum Gasteiger partial charge on any atom is 0.158 e. The molecule has 2 aliphatic carbocycles. The van der Waals surface area contributed by atoms with E-state index >= 15 is 0 Å². The molecule has 2 atom stereocenters. The molecular formula is C18H20N2O2. The lowest BCUT2D eigenvalue weighted by Crippen LogP contribution is -2.31. The second-order valence-electron chi connectivity index (χ2n) is 6.41. The molecule has 2 aliphatic rings. The summed E-state index contributed by atoms with van der Waals surface area (Å²) in [6, 6.07) is 4.18. The van der Waals surface area contributed by atoms with Crippen molar-refractivity contribution in [2.75, 3.05) is 7.11 Å². The zero-order chi connectivity index (χ0) is 15.5. The predicted octanol–water partition coefficient (Wildman–Crippen LogP) is 3.80. The molecule has 2 unspecified atom stereocenters. The predicted molar refractivity (Wildman–Crippen MR) is 85.4 cm³/mol. The number of carbonyl (C=O) groups is 1. The van der Waals surface area contributed by atoms with Crippen molar-refractivity contribution >= 4 is 22.3 Å². The van der Waals surface area contributed by atoms with Gasteiger partial charge in [0.25, 0.3) is 0 Å². The molecule has 4 nitrogen and oxygen atoms in total. The fraction of sp³-hybridized carbons (Fsp3) is 0.444. The highest BCUT2D eigenvalue weighted by Gasteiger charge is 2.52. The van der Waals surface area contributed by atoms with Crippen molar-refractivity contribution in [2.24, 2.45) is 5.41 Å². The SMILES string of the molecule is CCC12CCC(=O)C(C)=C1c1ccc3[nH]ncc3c1C2OC. The van der Waals surface area contributed by atoms with Gasteiger partial charge in [-0.1, -0.05) is 13.0 Å². The third-order valence-electron chi connectivity index (χ3n) is 5.66. The van der Waals surface area contributed by atoms with E-state index in [1.807, 2.05) is 13.1 Å².